The summed E-state index contributed by atoms with van der Waals surface area (Å²) in [5.41, 5.74) is 3.50. The van der Waals surface area contributed by atoms with Gasteiger partial charge in [0.15, 0.2) is 0 Å². The number of hydrogen-bond acceptors (Lipinski definition) is 3. The fourth-order valence-electron chi connectivity index (χ4n) is 2.73. The van der Waals surface area contributed by atoms with Crippen LogP contribution in [0.2, 0.25) is 0 Å². The van der Waals surface area contributed by atoms with Gasteiger partial charge >= 0.3 is 0 Å². The van der Waals surface area contributed by atoms with Gasteiger partial charge in [-0.05, 0) is 44.0 Å². The van der Waals surface area contributed by atoms with Gasteiger partial charge in [0.1, 0.15) is 6.04 Å². The van der Waals surface area contributed by atoms with Crippen LogP contribution in [0, 0.1) is 13.8 Å². The van der Waals surface area contributed by atoms with E-state index in [4.69, 9.17) is 0 Å². The SMILES string of the molecule is Cc1cccc(CNC(=O)C(C)N(c2cccc(C)c2)S(C)(=O)=O)c1. The van der Waals surface area contributed by atoms with Crippen molar-refractivity contribution in [3.8, 4) is 0 Å². The molecule has 1 atom stereocenters. The number of benzene rings is 2. The molecule has 0 saturated heterocycles. The number of nitrogens with zero attached hydrogens (tertiary/aromatic N) is 1. The molecule has 1 N–H and O–H groups in total. The van der Waals surface area contributed by atoms with Gasteiger partial charge in [0, 0.05) is 6.54 Å². The molecular formula is C19H24N2O3S. The number of anilines is 1. The van der Waals surface area contributed by atoms with Crippen LogP contribution in [-0.2, 0) is 21.4 Å². The Kier molecular flexibility index (Phi) is 5.85. The van der Waals surface area contributed by atoms with Crippen molar-refractivity contribution in [3.63, 3.8) is 0 Å². The van der Waals surface area contributed by atoms with Crippen LogP contribution in [0.1, 0.15) is 23.6 Å². The molecule has 0 heterocycles. The Morgan fingerprint density at radius 1 is 1.08 bits per heavy atom. The first-order valence-electron chi connectivity index (χ1n) is 8.08. The number of nitrogens with one attached hydrogen (secondary N) is 1. The highest BCUT2D eigenvalue weighted by atomic mass is 32.2. The van der Waals surface area contributed by atoms with Crippen molar-refractivity contribution in [2.24, 2.45) is 0 Å². The highest BCUT2D eigenvalue weighted by Crippen LogP contribution is 2.22. The van der Waals surface area contributed by atoms with Crippen molar-refractivity contribution in [2.75, 3.05) is 10.6 Å². The highest BCUT2D eigenvalue weighted by Gasteiger charge is 2.28. The van der Waals surface area contributed by atoms with Crippen LogP contribution < -0.4 is 9.62 Å². The van der Waals surface area contributed by atoms with Crippen molar-refractivity contribution in [2.45, 2.75) is 33.4 Å². The van der Waals surface area contributed by atoms with E-state index >= 15 is 0 Å². The van der Waals surface area contributed by atoms with Crippen LogP contribution in [0.3, 0.4) is 0 Å². The maximum Gasteiger partial charge on any atom is 0.243 e. The smallest absolute Gasteiger partial charge is 0.243 e. The molecule has 25 heavy (non-hydrogen) atoms. The van der Waals surface area contributed by atoms with Crippen LogP contribution in [0.4, 0.5) is 5.69 Å². The molecule has 0 radical (unpaired) electrons. The van der Waals surface area contributed by atoms with E-state index in [0.29, 0.717) is 12.2 Å². The lowest BCUT2D eigenvalue weighted by Gasteiger charge is -2.28. The lowest BCUT2D eigenvalue weighted by atomic mass is 10.1. The van der Waals surface area contributed by atoms with Crippen molar-refractivity contribution in [1.82, 2.24) is 5.32 Å². The van der Waals surface area contributed by atoms with Gasteiger partial charge in [-0.3, -0.25) is 9.10 Å². The van der Waals surface area contributed by atoms with Crippen molar-refractivity contribution in [3.05, 3.63) is 65.2 Å². The summed E-state index contributed by atoms with van der Waals surface area (Å²) in [6.07, 6.45) is 1.11. The minimum absolute atomic E-state index is 0.339. The van der Waals surface area contributed by atoms with E-state index < -0.39 is 16.1 Å². The van der Waals surface area contributed by atoms with E-state index in [-0.39, 0.29) is 5.91 Å². The Hall–Kier alpha value is -2.34. The molecule has 0 aliphatic heterocycles. The lowest BCUT2D eigenvalue weighted by molar-refractivity contribution is -0.122. The molecule has 2 aromatic rings. The topological polar surface area (TPSA) is 66.5 Å². The number of hydrogen-bond donors (Lipinski definition) is 1. The van der Waals surface area contributed by atoms with E-state index in [2.05, 4.69) is 5.32 Å². The van der Waals surface area contributed by atoms with Crippen LogP contribution in [0.15, 0.2) is 48.5 Å². The number of carbonyl (C=O) groups excluding carboxylic acids is 1. The van der Waals surface area contributed by atoms with Gasteiger partial charge in [0.25, 0.3) is 0 Å². The second kappa shape index (κ2) is 7.70. The second-order valence-electron chi connectivity index (χ2n) is 6.28. The minimum Gasteiger partial charge on any atom is -0.350 e. The zero-order chi connectivity index (χ0) is 18.6. The molecule has 0 spiro atoms. The average molecular weight is 360 g/mol. The van der Waals surface area contributed by atoms with Gasteiger partial charge in [-0.15, -0.1) is 0 Å². The molecule has 0 aliphatic carbocycles. The normalized spacial score (nSPS) is 12.5. The number of carbonyl (C=O) groups is 1. The van der Waals surface area contributed by atoms with Crippen LogP contribution >= 0.6 is 0 Å². The van der Waals surface area contributed by atoms with Crippen LogP contribution in [0.25, 0.3) is 0 Å². The quantitative estimate of drug-likeness (QED) is 0.861. The Balaban J connectivity index is 2.18. The summed E-state index contributed by atoms with van der Waals surface area (Å²) in [5.74, 6) is -0.339. The molecular weight excluding hydrogens is 336 g/mol. The standard InChI is InChI=1S/C19H24N2O3S/c1-14-7-5-9-17(11-14)13-20-19(22)16(3)21(25(4,23)24)18-10-6-8-15(2)12-18/h5-12,16H,13H2,1-4H3,(H,20,22). The Labute approximate surface area is 149 Å². The van der Waals surface area contributed by atoms with Gasteiger partial charge in [-0.25, -0.2) is 8.42 Å². The van der Waals surface area contributed by atoms with E-state index in [1.165, 1.54) is 0 Å². The first kappa shape index (κ1) is 19.0. The molecule has 2 rings (SSSR count). The number of amides is 1. The molecule has 6 heteroatoms. The number of rotatable bonds is 6. The molecule has 134 valence electrons. The zero-order valence-electron chi connectivity index (χ0n) is 15.0. The minimum atomic E-state index is -3.60. The van der Waals surface area contributed by atoms with Crippen molar-refractivity contribution in [1.29, 1.82) is 0 Å². The third-order valence-electron chi connectivity index (χ3n) is 3.89. The average Bonchev–Trinajstić information content (AvgIpc) is 2.51. The summed E-state index contributed by atoms with van der Waals surface area (Å²) in [6.45, 7) is 5.81. The van der Waals surface area contributed by atoms with E-state index in [1.807, 2.05) is 44.2 Å². The second-order valence-corrected chi connectivity index (χ2v) is 8.14. The van der Waals surface area contributed by atoms with Crippen molar-refractivity contribution < 1.29 is 13.2 Å². The summed E-state index contributed by atoms with van der Waals surface area (Å²) >= 11 is 0. The summed E-state index contributed by atoms with van der Waals surface area (Å²) in [7, 11) is -3.60. The summed E-state index contributed by atoms with van der Waals surface area (Å²) in [5, 5.41) is 2.82. The molecule has 0 bridgehead atoms. The maximum absolute atomic E-state index is 12.5. The predicted molar refractivity (Wildman–Crippen MR) is 101 cm³/mol. The zero-order valence-corrected chi connectivity index (χ0v) is 15.8. The Bertz CT molecular complexity index is 862. The highest BCUT2D eigenvalue weighted by molar-refractivity contribution is 7.92. The van der Waals surface area contributed by atoms with Gasteiger partial charge < -0.3 is 5.32 Å². The van der Waals surface area contributed by atoms with E-state index in [0.717, 1.165) is 27.3 Å². The van der Waals surface area contributed by atoms with Gasteiger partial charge in [0.2, 0.25) is 15.9 Å². The van der Waals surface area contributed by atoms with Crippen LogP contribution in [0.5, 0.6) is 0 Å². The number of sulfonamides is 1. The molecule has 0 saturated carbocycles. The first-order valence-corrected chi connectivity index (χ1v) is 9.92. The largest absolute Gasteiger partial charge is 0.350 e. The van der Waals surface area contributed by atoms with Gasteiger partial charge in [0.05, 0.1) is 11.9 Å². The van der Waals surface area contributed by atoms with E-state index in [9.17, 15) is 13.2 Å². The molecule has 1 amide bonds. The molecule has 5 nitrogen and oxygen atoms in total. The van der Waals surface area contributed by atoms with Crippen LogP contribution in [-0.4, -0.2) is 26.6 Å². The summed E-state index contributed by atoms with van der Waals surface area (Å²) < 4.78 is 25.7. The Morgan fingerprint density at radius 3 is 2.24 bits per heavy atom. The predicted octanol–water partition coefficient (Wildman–Crippen LogP) is 2.77. The first-order chi connectivity index (χ1) is 11.7. The van der Waals surface area contributed by atoms with Crippen molar-refractivity contribution >= 4 is 21.6 Å². The Morgan fingerprint density at radius 2 is 1.68 bits per heavy atom. The van der Waals surface area contributed by atoms with Gasteiger partial charge in [-0.1, -0.05) is 42.0 Å². The maximum atomic E-state index is 12.5. The molecule has 0 aromatic heterocycles. The number of aryl methyl sites for hydroxylation is 2. The van der Waals surface area contributed by atoms with Gasteiger partial charge in [-0.2, -0.15) is 0 Å². The lowest BCUT2D eigenvalue weighted by Crippen LogP contribution is -2.47. The summed E-state index contributed by atoms with van der Waals surface area (Å²) in [4.78, 5) is 12.5. The molecule has 0 fully saturated rings. The third kappa shape index (κ3) is 5.06. The van der Waals surface area contributed by atoms with E-state index in [1.54, 1.807) is 25.1 Å². The fraction of sp³-hybridized carbons (Fsp3) is 0.316. The summed E-state index contributed by atoms with van der Waals surface area (Å²) in [6, 6.07) is 14.1. The fourth-order valence-corrected chi connectivity index (χ4v) is 3.90. The molecule has 1 unspecified atom stereocenters. The molecule has 0 aliphatic rings. The monoisotopic (exact) mass is 360 g/mol. The molecule has 2 aromatic carbocycles. The third-order valence-corrected chi connectivity index (χ3v) is 5.14.